The number of likely N-dealkylation sites (N-methyl/N-ethyl adjacent to an activating group) is 1. The third-order valence-corrected chi connectivity index (χ3v) is 4.80. The van der Waals surface area contributed by atoms with Gasteiger partial charge in [-0.05, 0) is 51.1 Å². The summed E-state index contributed by atoms with van der Waals surface area (Å²) in [6, 6.07) is 7.06. The highest BCUT2D eigenvalue weighted by molar-refractivity contribution is 6.30. The van der Waals surface area contributed by atoms with Gasteiger partial charge in [-0.2, -0.15) is 0 Å². The lowest BCUT2D eigenvalue weighted by Gasteiger charge is -2.38. The molecule has 1 saturated heterocycles. The molecule has 1 heterocycles. The number of nitrogens with zero attached hydrogens (tertiary/aromatic N) is 2. The standard InChI is InChI=1S/C17H24ClN3O3/c1-12(17(24)19-14-5-3-13(18)4-6-14)21-9-7-15(8-10-21)20(2)11-16(22)23/h3-6,12,15H,7-11H2,1-2H3,(H,19,24)(H,22,23). The van der Waals surface area contributed by atoms with E-state index < -0.39 is 5.97 Å². The van der Waals surface area contributed by atoms with Gasteiger partial charge in [0.2, 0.25) is 5.91 Å². The van der Waals surface area contributed by atoms with Gasteiger partial charge in [0.15, 0.2) is 0 Å². The van der Waals surface area contributed by atoms with Crippen LogP contribution in [0.2, 0.25) is 5.02 Å². The van der Waals surface area contributed by atoms with Gasteiger partial charge in [0.1, 0.15) is 0 Å². The zero-order valence-corrected chi connectivity index (χ0v) is 14.8. The highest BCUT2D eigenvalue weighted by Gasteiger charge is 2.28. The molecule has 1 aliphatic rings. The predicted molar refractivity (Wildman–Crippen MR) is 94.4 cm³/mol. The van der Waals surface area contributed by atoms with Crippen molar-refractivity contribution in [1.29, 1.82) is 0 Å². The fourth-order valence-corrected chi connectivity index (χ4v) is 3.13. The zero-order valence-electron chi connectivity index (χ0n) is 14.0. The molecule has 1 aromatic carbocycles. The molecule has 0 radical (unpaired) electrons. The number of anilines is 1. The second-order valence-electron chi connectivity index (χ2n) is 6.25. The van der Waals surface area contributed by atoms with Crippen LogP contribution in [0.25, 0.3) is 0 Å². The van der Waals surface area contributed by atoms with Gasteiger partial charge in [-0.3, -0.25) is 19.4 Å². The van der Waals surface area contributed by atoms with Crippen molar-refractivity contribution >= 4 is 29.2 Å². The van der Waals surface area contributed by atoms with E-state index in [2.05, 4.69) is 10.2 Å². The summed E-state index contributed by atoms with van der Waals surface area (Å²) in [5.74, 6) is -0.856. The Balaban J connectivity index is 1.83. The second kappa shape index (κ2) is 8.46. The quantitative estimate of drug-likeness (QED) is 0.819. The molecule has 2 N–H and O–H groups in total. The van der Waals surface area contributed by atoms with Gasteiger partial charge in [0, 0.05) is 29.8 Å². The van der Waals surface area contributed by atoms with Crippen molar-refractivity contribution < 1.29 is 14.7 Å². The topological polar surface area (TPSA) is 72.9 Å². The first-order valence-electron chi connectivity index (χ1n) is 8.09. The first kappa shape index (κ1) is 18.7. The summed E-state index contributed by atoms with van der Waals surface area (Å²) in [5, 5.41) is 12.4. The minimum atomic E-state index is -0.810. The second-order valence-corrected chi connectivity index (χ2v) is 6.68. The van der Waals surface area contributed by atoms with Gasteiger partial charge in [-0.1, -0.05) is 11.6 Å². The van der Waals surface area contributed by atoms with Crippen LogP contribution in [0.3, 0.4) is 0 Å². The van der Waals surface area contributed by atoms with Gasteiger partial charge in [-0.15, -0.1) is 0 Å². The summed E-state index contributed by atoms with van der Waals surface area (Å²) in [6.45, 7) is 3.51. The Morgan fingerprint density at radius 1 is 1.33 bits per heavy atom. The number of carbonyl (C=O) groups is 2. The first-order valence-corrected chi connectivity index (χ1v) is 8.47. The SMILES string of the molecule is CC(C(=O)Nc1ccc(Cl)cc1)N1CCC(N(C)CC(=O)O)CC1. The smallest absolute Gasteiger partial charge is 0.317 e. The number of hydrogen-bond acceptors (Lipinski definition) is 4. The van der Waals surface area contributed by atoms with E-state index in [-0.39, 0.29) is 24.5 Å². The fourth-order valence-electron chi connectivity index (χ4n) is 3.00. The van der Waals surface area contributed by atoms with Crippen molar-refractivity contribution in [2.45, 2.75) is 31.8 Å². The molecule has 0 bridgehead atoms. The first-order chi connectivity index (χ1) is 11.4. The molecule has 1 aromatic rings. The third kappa shape index (κ3) is 5.19. The van der Waals surface area contributed by atoms with Crippen LogP contribution in [0, 0.1) is 0 Å². The predicted octanol–water partition coefficient (Wildman–Crippen LogP) is 2.15. The minimum absolute atomic E-state index is 0.0466. The molecule has 0 spiro atoms. The van der Waals surface area contributed by atoms with Crippen molar-refractivity contribution in [3.63, 3.8) is 0 Å². The van der Waals surface area contributed by atoms with Crippen molar-refractivity contribution in [1.82, 2.24) is 9.80 Å². The van der Waals surface area contributed by atoms with Gasteiger partial charge in [0.25, 0.3) is 0 Å². The highest BCUT2D eigenvalue weighted by Crippen LogP contribution is 2.19. The molecule has 132 valence electrons. The van der Waals surface area contributed by atoms with Crippen LogP contribution in [0.4, 0.5) is 5.69 Å². The molecule has 0 aromatic heterocycles. The lowest BCUT2D eigenvalue weighted by Crippen LogP contribution is -2.50. The van der Waals surface area contributed by atoms with Crippen LogP contribution >= 0.6 is 11.6 Å². The molecule has 1 amide bonds. The Morgan fingerprint density at radius 2 is 1.92 bits per heavy atom. The summed E-state index contributed by atoms with van der Waals surface area (Å²) in [4.78, 5) is 27.2. The molecule has 0 aliphatic carbocycles. The maximum atomic E-state index is 12.4. The largest absolute Gasteiger partial charge is 0.480 e. The maximum absolute atomic E-state index is 12.4. The lowest BCUT2D eigenvalue weighted by atomic mass is 10.0. The van der Waals surface area contributed by atoms with Crippen LogP contribution in [0.15, 0.2) is 24.3 Å². The van der Waals surface area contributed by atoms with Gasteiger partial charge in [0.05, 0.1) is 12.6 Å². The molecule has 7 heteroatoms. The number of benzene rings is 1. The molecule has 2 rings (SSSR count). The molecule has 1 unspecified atom stereocenters. The molecule has 1 fully saturated rings. The van der Waals surface area contributed by atoms with E-state index in [1.165, 1.54) is 0 Å². The minimum Gasteiger partial charge on any atom is -0.480 e. The molecule has 1 aliphatic heterocycles. The number of carbonyl (C=O) groups excluding carboxylic acids is 1. The summed E-state index contributed by atoms with van der Waals surface area (Å²) in [6.07, 6.45) is 1.73. The Bertz CT molecular complexity index is 571. The number of halogens is 1. The number of rotatable bonds is 6. The molecular formula is C17H24ClN3O3. The van der Waals surface area contributed by atoms with Gasteiger partial charge in [-0.25, -0.2) is 0 Å². The van der Waals surface area contributed by atoms with E-state index in [4.69, 9.17) is 16.7 Å². The number of aliphatic carboxylic acids is 1. The molecule has 24 heavy (non-hydrogen) atoms. The average molecular weight is 354 g/mol. The molecule has 1 atom stereocenters. The summed E-state index contributed by atoms with van der Waals surface area (Å²) < 4.78 is 0. The number of nitrogens with one attached hydrogen (secondary N) is 1. The zero-order chi connectivity index (χ0) is 17.7. The van der Waals surface area contributed by atoms with E-state index in [0.29, 0.717) is 5.02 Å². The van der Waals surface area contributed by atoms with Crippen LogP contribution in [-0.2, 0) is 9.59 Å². The number of amides is 1. The fraction of sp³-hybridized carbons (Fsp3) is 0.529. The summed E-state index contributed by atoms with van der Waals surface area (Å²) in [7, 11) is 1.84. The maximum Gasteiger partial charge on any atom is 0.317 e. The highest BCUT2D eigenvalue weighted by atomic mass is 35.5. The van der Waals surface area contributed by atoms with Crippen molar-refractivity contribution in [2.75, 3.05) is 32.0 Å². The Labute approximate surface area is 147 Å². The van der Waals surface area contributed by atoms with Crippen LogP contribution in [-0.4, -0.2) is 65.5 Å². The van der Waals surface area contributed by atoms with Crippen molar-refractivity contribution in [2.24, 2.45) is 0 Å². The number of hydrogen-bond donors (Lipinski definition) is 2. The monoisotopic (exact) mass is 353 g/mol. The molecular weight excluding hydrogens is 330 g/mol. The normalized spacial score (nSPS) is 17.7. The summed E-state index contributed by atoms with van der Waals surface area (Å²) in [5.41, 5.74) is 0.729. The Hall–Kier alpha value is -1.63. The Kier molecular flexibility index (Phi) is 6.60. The van der Waals surface area contributed by atoms with E-state index in [1.54, 1.807) is 24.3 Å². The van der Waals surface area contributed by atoms with Crippen LogP contribution < -0.4 is 5.32 Å². The average Bonchev–Trinajstić information content (AvgIpc) is 2.55. The third-order valence-electron chi connectivity index (χ3n) is 4.55. The number of carboxylic acids is 1. The van der Waals surface area contributed by atoms with E-state index in [1.807, 2.05) is 18.9 Å². The lowest BCUT2D eigenvalue weighted by molar-refractivity contribution is -0.138. The van der Waals surface area contributed by atoms with E-state index in [0.717, 1.165) is 31.6 Å². The Morgan fingerprint density at radius 3 is 2.46 bits per heavy atom. The number of carboxylic acid groups (broad SMARTS) is 1. The number of piperidine rings is 1. The van der Waals surface area contributed by atoms with Crippen molar-refractivity contribution in [3.8, 4) is 0 Å². The van der Waals surface area contributed by atoms with Gasteiger partial charge < -0.3 is 10.4 Å². The van der Waals surface area contributed by atoms with Crippen LogP contribution in [0.1, 0.15) is 19.8 Å². The van der Waals surface area contributed by atoms with Crippen molar-refractivity contribution in [3.05, 3.63) is 29.3 Å². The van der Waals surface area contributed by atoms with Gasteiger partial charge >= 0.3 is 5.97 Å². The molecule has 0 saturated carbocycles. The summed E-state index contributed by atoms with van der Waals surface area (Å²) >= 11 is 5.84. The van der Waals surface area contributed by atoms with Crippen LogP contribution in [0.5, 0.6) is 0 Å². The molecule has 6 nitrogen and oxygen atoms in total. The van der Waals surface area contributed by atoms with E-state index >= 15 is 0 Å². The number of likely N-dealkylation sites (tertiary alicyclic amines) is 1. The van der Waals surface area contributed by atoms with E-state index in [9.17, 15) is 9.59 Å².